The predicted octanol–water partition coefficient (Wildman–Crippen LogP) is 0.611. The van der Waals surface area contributed by atoms with E-state index in [1.54, 1.807) is 20.8 Å². The first-order valence-corrected chi connectivity index (χ1v) is 4.56. The van der Waals surface area contributed by atoms with E-state index in [2.05, 4.69) is 10.1 Å². The van der Waals surface area contributed by atoms with Crippen molar-refractivity contribution in [3.05, 3.63) is 0 Å². The van der Waals surface area contributed by atoms with Crippen LogP contribution in [-0.2, 0) is 14.3 Å². The van der Waals surface area contributed by atoms with E-state index >= 15 is 0 Å². The van der Waals surface area contributed by atoms with Gasteiger partial charge in [-0.05, 0) is 20.8 Å². The highest BCUT2D eigenvalue weighted by Gasteiger charge is 2.37. The monoisotopic (exact) mass is 219 g/mol. The van der Waals surface area contributed by atoms with Gasteiger partial charge in [-0.15, -0.1) is 0 Å². The summed E-state index contributed by atoms with van der Waals surface area (Å²) in [4.78, 5) is 22.0. The Morgan fingerprint density at radius 1 is 1.47 bits per heavy atom. The topological polar surface area (TPSA) is 84.9 Å². The van der Waals surface area contributed by atoms with Gasteiger partial charge in [-0.25, -0.2) is 9.59 Å². The Bertz CT molecular complexity index is 239. The largest absolute Gasteiger partial charge is 0.480 e. The molecular formula is C9H17NO5. The van der Waals surface area contributed by atoms with Crippen molar-refractivity contribution in [1.29, 1.82) is 0 Å². The van der Waals surface area contributed by atoms with Gasteiger partial charge in [-0.1, -0.05) is 0 Å². The molecule has 6 heteroatoms. The molecule has 0 aromatic rings. The smallest absolute Gasteiger partial charge is 0.407 e. The summed E-state index contributed by atoms with van der Waals surface area (Å²) in [6.07, 6.45) is -0.768. The number of carbonyl (C=O) groups is 2. The lowest BCUT2D eigenvalue weighted by Gasteiger charge is -2.29. The second-order valence-corrected chi connectivity index (χ2v) is 3.44. The molecule has 0 rings (SSSR count). The Morgan fingerprint density at radius 2 is 2.00 bits per heavy atom. The number of methoxy groups -OCH3 is 1. The molecule has 1 unspecified atom stereocenters. The average Bonchev–Trinajstić information content (AvgIpc) is 2.14. The Hall–Kier alpha value is -1.30. The van der Waals surface area contributed by atoms with Gasteiger partial charge in [0.1, 0.15) is 0 Å². The van der Waals surface area contributed by atoms with Crippen molar-refractivity contribution < 1.29 is 24.2 Å². The van der Waals surface area contributed by atoms with Crippen LogP contribution in [0, 0.1) is 0 Å². The number of aliphatic carboxylic acids is 1. The molecular weight excluding hydrogens is 202 g/mol. The molecule has 0 fully saturated rings. The minimum Gasteiger partial charge on any atom is -0.480 e. The molecule has 0 aliphatic heterocycles. The molecule has 0 saturated heterocycles. The van der Waals surface area contributed by atoms with E-state index < -0.39 is 23.7 Å². The summed E-state index contributed by atoms with van der Waals surface area (Å²) in [6.45, 7) is 4.96. The minimum absolute atomic E-state index is 0.186. The number of carboxylic acids is 1. The number of alkyl carbamates (subject to hydrolysis) is 1. The fourth-order valence-electron chi connectivity index (χ4n) is 0.941. The van der Waals surface area contributed by atoms with E-state index in [0.29, 0.717) is 0 Å². The molecule has 0 aliphatic rings. The van der Waals surface area contributed by atoms with E-state index in [4.69, 9.17) is 9.84 Å². The number of rotatable bonds is 5. The molecule has 0 bridgehead atoms. The number of carboxylic acid groups (broad SMARTS) is 1. The van der Waals surface area contributed by atoms with E-state index in [9.17, 15) is 9.59 Å². The number of ether oxygens (including phenoxy) is 2. The highest BCUT2D eigenvalue weighted by molar-refractivity contribution is 5.81. The third-order valence-corrected chi connectivity index (χ3v) is 2.01. The van der Waals surface area contributed by atoms with Crippen molar-refractivity contribution in [2.75, 3.05) is 13.7 Å². The fourth-order valence-corrected chi connectivity index (χ4v) is 0.941. The lowest BCUT2D eigenvalue weighted by Crippen LogP contribution is -2.55. The summed E-state index contributed by atoms with van der Waals surface area (Å²) in [5.41, 5.74) is -1.00. The molecule has 2 N–H and O–H groups in total. The van der Waals surface area contributed by atoms with Crippen LogP contribution in [0.2, 0.25) is 0 Å². The van der Waals surface area contributed by atoms with Crippen LogP contribution in [0.1, 0.15) is 20.8 Å². The molecule has 0 aromatic carbocycles. The van der Waals surface area contributed by atoms with Crippen LogP contribution in [0.25, 0.3) is 0 Å². The van der Waals surface area contributed by atoms with Crippen molar-refractivity contribution in [2.45, 2.75) is 32.4 Å². The molecule has 1 amide bonds. The van der Waals surface area contributed by atoms with Gasteiger partial charge in [0.25, 0.3) is 0 Å². The van der Waals surface area contributed by atoms with Gasteiger partial charge in [0.2, 0.25) is 0 Å². The molecule has 0 radical (unpaired) electrons. The van der Waals surface area contributed by atoms with Crippen molar-refractivity contribution in [3.63, 3.8) is 0 Å². The van der Waals surface area contributed by atoms with Crippen LogP contribution in [-0.4, -0.2) is 42.5 Å². The number of hydrogen-bond acceptors (Lipinski definition) is 4. The van der Waals surface area contributed by atoms with Gasteiger partial charge in [-0.2, -0.15) is 0 Å². The Morgan fingerprint density at radius 3 is 2.33 bits per heavy atom. The number of carbonyl (C=O) groups excluding carboxylic acids is 1. The first kappa shape index (κ1) is 13.7. The molecule has 0 saturated carbocycles. The van der Waals surface area contributed by atoms with E-state index in [-0.39, 0.29) is 6.61 Å². The molecule has 15 heavy (non-hydrogen) atoms. The summed E-state index contributed by atoms with van der Waals surface area (Å²) in [6, 6.07) is -1.15. The zero-order chi connectivity index (χ0) is 12.1. The van der Waals surface area contributed by atoms with Crippen molar-refractivity contribution in [3.8, 4) is 0 Å². The minimum atomic E-state index is -1.17. The molecule has 6 nitrogen and oxygen atoms in total. The average molecular weight is 219 g/mol. The van der Waals surface area contributed by atoms with Crippen LogP contribution >= 0.6 is 0 Å². The lowest BCUT2D eigenvalue weighted by atomic mass is 9.99. The fraction of sp³-hybridized carbons (Fsp3) is 0.778. The summed E-state index contributed by atoms with van der Waals surface area (Å²) >= 11 is 0. The van der Waals surface area contributed by atoms with Crippen LogP contribution in [0.5, 0.6) is 0 Å². The molecule has 0 aromatic heterocycles. The summed E-state index contributed by atoms with van der Waals surface area (Å²) in [5.74, 6) is -1.17. The zero-order valence-electron chi connectivity index (χ0n) is 9.36. The van der Waals surface area contributed by atoms with Crippen LogP contribution in [0.15, 0.2) is 0 Å². The maximum Gasteiger partial charge on any atom is 0.407 e. The second-order valence-electron chi connectivity index (χ2n) is 3.44. The third kappa shape index (κ3) is 4.16. The lowest BCUT2D eigenvalue weighted by molar-refractivity contribution is -0.147. The zero-order valence-corrected chi connectivity index (χ0v) is 9.36. The Kier molecular flexibility index (Phi) is 5.07. The van der Waals surface area contributed by atoms with Gasteiger partial charge < -0.3 is 19.9 Å². The van der Waals surface area contributed by atoms with E-state index in [1.165, 1.54) is 7.11 Å². The quantitative estimate of drug-likeness (QED) is 0.707. The van der Waals surface area contributed by atoms with Gasteiger partial charge in [0.05, 0.1) is 12.2 Å². The van der Waals surface area contributed by atoms with Crippen molar-refractivity contribution in [2.24, 2.45) is 0 Å². The van der Waals surface area contributed by atoms with Crippen LogP contribution < -0.4 is 5.32 Å². The second kappa shape index (κ2) is 5.55. The molecule has 0 heterocycles. The predicted molar refractivity (Wildman–Crippen MR) is 52.7 cm³/mol. The first-order valence-electron chi connectivity index (χ1n) is 4.56. The van der Waals surface area contributed by atoms with Crippen LogP contribution in [0.3, 0.4) is 0 Å². The van der Waals surface area contributed by atoms with Crippen molar-refractivity contribution in [1.82, 2.24) is 5.32 Å². The van der Waals surface area contributed by atoms with E-state index in [1.807, 2.05) is 0 Å². The molecule has 0 spiro atoms. The third-order valence-electron chi connectivity index (χ3n) is 2.01. The normalized spacial score (nSPS) is 13.1. The SMILES string of the molecule is CCOC(=O)NC(C(=O)O)C(C)(C)OC. The van der Waals surface area contributed by atoms with Crippen LogP contribution in [0.4, 0.5) is 4.79 Å². The molecule has 1 atom stereocenters. The number of amides is 1. The Balaban J connectivity index is 4.55. The molecule has 88 valence electrons. The van der Waals surface area contributed by atoms with Crippen molar-refractivity contribution >= 4 is 12.1 Å². The Labute approximate surface area is 88.6 Å². The maximum atomic E-state index is 11.1. The number of hydrogen-bond donors (Lipinski definition) is 2. The van der Waals surface area contributed by atoms with Gasteiger partial charge in [-0.3, -0.25) is 0 Å². The summed E-state index contributed by atoms with van der Waals surface area (Å²) in [5, 5.41) is 11.1. The summed E-state index contributed by atoms with van der Waals surface area (Å²) < 4.78 is 9.58. The summed E-state index contributed by atoms with van der Waals surface area (Å²) in [7, 11) is 1.38. The van der Waals surface area contributed by atoms with Gasteiger partial charge in [0.15, 0.2) is 6.04 Å². The van der Waals surface area contributed by atoms with E-state index in [0.717, 1.165) is 0 Å². The number of nitrogens with one attached hydrogen (secondary N) is 1. The van der Waals surface area contributed by atoms with Gasteiger partial charge in [0, 0.05) is 7.11 Å². The molecule has 0 aliphatic carbocycles. The highest BCUT2D eigenvalue weighted by Crippen LogP contribution is 2.14. The van der Waals surface area contributed by atoms with Gasteiger partial charge >= 0.3 is 12.1 Å². The standard InChI is InChI=1S/C9H17NO5/c1-5-15-8(13)10-6(7(11)12)9(2,3)14-4/h6H,5H2,1-4H3,(H,10,13)(H,11,12). The maximum absolute atomic E-state index is 11.1. The first-order chi connectivity index (χ1) is 6.85. The highest BCUT2D eigenvalue weighted by atomic mass is 16.5.